The van der Waals surface area contributed by atoms with Crippen molar-refractivity contribution >= 4 is 29.5 Å². The number of Topliss-reactive ketones (excluding diaryl/α,β-unsaturated/α-hetero) is 1. The Labute approximate surface area is 173 Å². The van der Waals surface area contributed by atoms with Crippen molar-refractivity contribution in [2.45, 2.75) is 19.4 Å². The van der Waals surface area contributed by atoms with Crippen LogP contribution in [0.15, 0.2) is 48.3 Å². The molecule has 1 N–H and O–H groups in total. The van der Waals surface area contributed by atoms with Crippen LogP contribution < -0.4 is 15.0 Å². The van der Waals surface area contributed by atoms with Crippen molar-refractivity contribution in [3.8, 4) is 5.75 Å². The summed E-state index contributed by atoms with van der Waals surface area (Å²) < 4.78 is 11.1. The number of anilines is 1. The molecule has 2 amide bonds. The molecule has 1 aromatic heterocycles. The molecule has 0 spiro atoms. The Balaban J connectivity index is 1.55. The Bertz CT molecular complexity index is 1020. The zero-order valence-corrected chi connectivity index (χ0v) is 16.5. The SMILES string of the molecule is CC(=O)NC[C@H]1CN(c2ccc3c(c2)OCC/C(=C\c2ccncc2)C3=O)C(=O)O1. The molecule has 2 aromatic rings. The molecule has 2 aliphatic heterocycles. The number of cyclic esters (lactones) is 1. The molecule has 8 heteroatoms. The molecule has 4 rings (SSSR count). The van der Waals surface area contributed by atoms with Gasteiger partial charge in [-0.2, -0.15) is 0 Å². The van der Waals surface area contributed by atoms with Gasteiger partial charge in [-0.15, -0.1) is 0 Å². The second-order valence-corrected chi connectivity index (χ2v) is 7.11. The summed E-state index contributed by atoms with van der Waals surface area (Å²) in [4.78, 5) is 41.8. The van der Waals surface area contributed by atoms with E-state index in [1.54, 1.807) is 30.6 Å². The molecule has 30 heavy (non-hydrogen) atoms. The minimum absolute atomic E-state index is 0.0987. The molecule has 1 aromatic carbocycles. The van der Waals surface area contributed by atoms with E-state index in [0.717, 1.165) is 5.56 Å². The fourth-order valence-corrected chi connectivity index (χ4v) is 3.44. The van der Waals surface area contributed by atoms with E-state index in [1.807, 2.05) is 18.2 Å². The van der Waals surface area contributed by atoms with Gasteiger partial charge in [0.15, 0.2) is 5.78 Å². The van der Waals surface area contributed by atoms with Gasteiger partial charge in [-0.3, -0.25) is 19.5 Å². The van der Waals surface area contributed by atoms with Gasteiger partial charge in [0.2, 0.25) is 5.91 Å². The maximum absolute atomic E-state index is 13.0. The van der Waals surface area contributed by atoms with Crippen LogP contribution >= 0.6 is 0 Å². The number of fused-ring (bicyclic) bond motifs is 1. The highest BCUT2D eigenvalue weighted by molar-refractivity contribution is 6.13. The number of amides is 2. The Kier molecular flexibility index (Phi) is 5.47. The third-order valence-corrected chi connectivity index (χ3v) is 4.94. The lowest BCUT2D eigenvalue weighted by atomic mass is 9.99. The molecule has 2 aliphatic rings. The summed E-state index contributed by atoms with van der Waals surface area (Å²) in [7, 11) is 0. The smallest absolute Gasteiger partial charge is 0.414 e. The van der Waals surface area contributed by atoms with Gasteiger partial charge >= 0.3 is 6.09 Å². The number of ketones is 1. The molecule has 1 saturated heterocycles. The van der Waals surface area contributed by atoms with Gasteiger partial charge in [-0.05, 0) is 35.9 Å². The van der Waals surface area contributed by atoms with Crippen molar-refractivity contribution in [2.75, 3.05) is 24.6 Å². The summed E-state index contributed by atoms with van der Waals surface area (Å²) >= 11 is 0. The van der Waals surface area contributed by atoms with Gasteiger partial charge in [0.05, 0.1) is 30.9 Å². The number of nitrogens with zero attached hydrogens (tertiary/aromatic N) is 2. The first-order chi connectivity index (χ1) is 14.5. The van der Waals surface area contributed by atoms with E-state index in [4.69, 9.17) is 9.47 Å². The zero-order valence-electron chi connectivity index (χ0n) is 16.5. The van der Waals surface area contributed by atoms with Gasteiger partial charge in [-0.1, -0.05) is 0 Å². The molecule has 0 aliphatic carbocycles. The van der Waals surface area contributed by atoms with Gasteiger partial charge in [0.1, 0.15) is 11.9 Å². The zero-order chi connectivity index (χ0) is 21.1. The molecule has 8 nitrogen and oxygen atoms in total. The first kappa shape index (κ1) is 19.6. The van der Waals surface area contributed by atoms with E-state index >= 15 is 0 Å². The Hall–Kier alpha value is -3.68. The Morgan fingerprint density at radius 2 is 2.07 bits per heavy atom. The van der Waals surface area contributed by atoms with Crippen LogP contribution in [-0.2, 0) is 9.53 Å². The molecule has 1 fully saturated rings. The van der Waals surface area contributed by atoms with E-state index in [2.05, 4.69) is 10.3 Å². The Morgan fingerprint density at radius 1 is 1.27 bits per heavy atom. The Morgan fingerprint density at radius 3 is 2.83 bits per heavy atom. The van der Waals surface area contributed by atoms with Gasteiger partial charge in [0.25, 0.3) is 0 Å². The average Bonchev–Trinajstić information content (AvgIpc) is 3.04. The largest absolute Gasteiger partial charge is 0.492 e. The highest BCUT2D eigenvalue weighted by Gasteiger charge is 2.33. The number of benzene rings is 1. The van der Waals surface area contributed by atoms with E-state index < -0.39 is 12.2 Å². The molecular weight excluding hydrogens is 386 g/mol. The summed E-state index contributed by atoms with van der Waals surface area (Å²) in [6.45, 7) is 2.32. The monoisotopic (exact) mass is 407 g/mol. The second kappa shape index (κ2) is 8.36. The first-order valence-corrected chi connectivity index (χ1v) is 9.66. The molecule has 1 atom stereocenters. The number of aromatic nitrogens is 1. The molecular formula is C22H21N3O5. The number of carbonyl (C=O) groups is 3. The summed E-state index contributed by atoms with van der Waals surface area (Å²) in [5.41, 5.74) is 2.60. The lowest BCUT2D eigenvalue weighted by molar-refractivity contribution is -0.119. The van der Waals surface area contributed by atoms with Crippen molar-refractivity contribution in [3.63, 3.8) is 0 Å². The number of hydrogen-bond donors (Lipinski definition) is 1. The normalized spacial score (nSPS) is 19.7. The quantitative estimate of drug-likeness (QED) is 0.783. The van der Waals surface area contributed by atoms with Crippen LogP contribution in [0.1, 0.15) is 29.3 Å². The maximum atomic E-state index is 13.0. The highest BCUT2D eigenvalue weighted by atomic mass is 16.6. The fourth-order valence-electron chi connectivity index (χ4n) is 3.44. The van der Waals surface area contributed by atoms with Crippen molar-refractivity contribution < 1.29 is 23.9 Å². The van der Waals surface area contributed by atoms with Crippen LogP contribution in [-0.4, -0.2) is 48.6 Å². The second-order valence-electron chi connectivity index (χ2n) is 7.11. The third kappa shape index (κ3) is 4.17. The van der Waals surface area contributed by atoms with Gasteiger partial charge < -0.3 is 14.8 Å². The first-order valence-electron chi connectivity index (χ1n) is 9.66. The van der Waals surface area contributed by atoms with Crippen LogP contribution in [0.2, 0.25) is 0 Å². The number of ether oxygens (including phenoxy) is 2. The van der Waals surface area contributed by atoms with Crippen LogP contribution in [0.4, 0.5) is 10.5 Å². The number of carbonyl (C=O) groups excluding carboxylic acids is 3. The highest BCUT2D eigenvalue weighted by Crippen LogP contribution is 2.33. The van der Waals surface area contributed by atoms with Crippen LogP contribution in [0, 0.1) is 0 Å². The van der Waals surface area contributed by atoms with Crippen LogP contribution in [0.3, 0.4) is 0 Å². The minimum Gasteiger partial charge on any atom is -0.492 e. The number of hydrogen-bond acceptors (Lipinski definition) is 6. The summed E-state index contributed by atoms with van der Waals surface area (Å²) in [5.74, 6) is 0.157. The predicted octanol–water partition coefficient (Wildman–Crippen LogP) is 2.59. The van der Waals surface area contributed by atoms with Crippen molar-refractivity contribution in [3.05, 3.63) is 59.4 Å². The van der Waals surface area contributed by atoms with Gasteiger partial charge in [-0.25, -0.2) is 4.79 Å². The van der Waals surface area contributed by atoms with Crippen LogP contribution in [0.25, 0.3) is 6.08 Å². The topological polar surface area (TPSA) is 97.8 Å². The van der Waals surface area contributed by atoms with Crippen molar-refractivity contribution in [2.24, 2.45) is 0 Å². The maximum Gasteiger partial charge on any atom is 0.414 e. The molecule has 154 valence electrons. The minimum atomic E-state index is -0.497. The van der Waals surface area contributed by atoms with E-state index in [-0.39, 0.29) is 18.2 Å². The predicted molar refractivity (Wildman–Crippen MR) is 109 cm³/mol. The lowest BCUT2D eigenvalue weighted by Crippen LogP contribution is -2.33. The summed E-state index contributed by atoms with van der Waals surface area (Å²) in [6, 6.07) is 8.74. The van der Waals surface area contributed by atoms with E-state index in [0.29, 0.717) is 42.1 Å². The van der Waals surface area contributed by atoms with Crippen molar-refractivity contribution in [1.82, 2.24) is 10.3 Å². The summed E-state index contributed by atoms with van der Waals surface area (Å²) in [5, 5.41) is 2.65. The standard InChI is InChI=1S/C22H21N3O5/c1-14(26)24-12-18-13-25(22(28)30-18)17-2-3-19-20(11-17)29-9-6-16(21(19)27)10-15-4-7-23-8-5-15/h2-5,7-8,10-11,18H,6,9,12-13H2,1H3,(H,24,26)/b16-10+/t18-/m0/s1. The van der Waals surface area contributed by atoms with E-state index in [1.165, 1.54) is 11.8 Å². The molecule has 0 bridgehead atoms. The molecule has 0 saturated carbocycles. The van der Waals surface area contributed by atoms with E-state index in [9.17, 15) is 14.4 Å². The molecule has 0 unspecified atom stereocenters. The fraction of sp³-hybridized carbons (Fsp3) is 0.273. The number of rotatable bonds is 4. The third-order valence-electron chi connectivity index (χ3n) is 4.94. The van der Waals surface area contributed by atoms with Gasteiger partial charge in [0, 0.05) is 37.4 Å². The molecule has 3 heterocycles. The number of nitrogens with one attached hydrogen (secondary N) is 1. The lowest BCUT2D eigenvalue weighted by Gasteiger charge is -2.15. The summed E-state index contributed by atoms with van der Waals surface area (Å²) in [6.07, 6.45) is 4.76. The number of pyridine rings is 1. The molecule has 0 radical (unpaired) electrons. The average molecular weight is 407 g/mol. The van der Waals surface area contributed by atoms with Crippen molar-refractivity contribution in [1.29, 1.82) is 0 Å². The van der Waals surface area contributed by atoms with Crippen LogP contribution in [0.5, 0.6) is 5.75 Å².